The SMILES string of the molecule is Cc1cc[n+]2c(c1)-c1cc3c(cc1CC2)sc1ccccc13. The largest absolute Gasteiger partial charge is 0.213 e. The first-order valence-corrected chi connectivity index (χ1v) is 8.56. The monoisotopic (exact) mass is 302 g/mol. The average Bonchev–Trinajstić information content (AvgIpc) is 2.90. The molecule has 0 saturated carbocycles. The molecule has 106 valence electrons. The van der Waals surface area contributed by atoms with Crippen LogP contribution in [0, 0.1) is 6.92 Å². The lowest BCUT2D eigenvalue weighted by Gasteiger charge is -2.15. The zero-order valence-electron chi connectivity index (χ0n) is 12.5. The molecule has 0 unspecified atom stereocenters. The van der Waals surface area contributed by atoms with Crippen LogP contribution in [0.5, 0.6) is 0 Å². The van der Waals surface area contributed by atoms with Crippen molar-refractivity contribution in [3.63, 3.8) is 0 Å². The topological polar surface area (TPSA) is 3.88 Å². The van der Waals surface area contributed by atoms with Gasteiger partial charge in [-0.3, -0.25) is 0 Å². The Morgan fingerprint density at radius 2 is 1.86 bits per heavy atom. The first-order valence-electron chi connectivity index (χ1n) is 7.74. The molecule has 1 nitrogen and oxygen atoms in total. The van der Waals surface area contributed by atoms with Crippen molar-refractivity contribution in [1.29, 1.82) is 0 Å². The van der Waals surface area contributed by atoms with Gasteiger partial charge in [0, 0.05) is 38.7 Å². The minimum Gasteiger partial charge on any atom is -0.198 e. The fraction of sp³-hybridized carbons (Fsp3) is 0.150. The number of rotatable bonds is 0. The second-order valence-electron chi connectivity index (χ2n) is 6.14. The highest BCUT2D eigenvalue weighted by Crippen LogP contribution is 2.38. The molecule has 0 N–H and O–H groups in total. The molecule has 4 aromatic rings. The number of benzene rings is 2. The summed E-state index contributed by atoms with van der Waals surface area (Å²) in [5.41, 5.74) is 5.59. The fourth-order valence-corrected chi connectivity index (χ4v) is 4.71. The Balaban J connectivity index is 1.89. The standard InChI is InChI=1S/C20H16NS/c1-13-6-8-21-9-7-14-11-20-17(12-16(14)18(21)10-13)15-4-2-3-5-19(15)22-20/h2-6,8,10-12H,7,9H2,1H3/q+1. The van der Waals surface area contributed by atoms with Crippen LogP contribution < -0.4 is 4.57 Å². The molecule has 0 amide bonds. The van der Waals surface area contributed by atoms with Crippen LogP contribution in [0.3, 0.4) is 0 Å². The van der Waals surface area contributed by atoms with E-state index in [-0.39, 0.29) is 0 Å². The van der Waals surface area contributed by atoms with Gasteiger partial charge in [-0.15, -0.1) is 11.3 Å². The number of thiophene rings is 1. The smallest absolute Gasteiger partial charge is 0.198 e. The van der Waals surface area contributed by atoms with Crippen LogP contribution in [-0.4, -0.2) is 0 Å². The molecule has 0 spiro atoms. The van der Waals surface area contributed by atoms with Crippen molar-refractivity contribution in [3.05, 3.63) is 65.9 Å². The zero-order valence-corrected chi connectivity index (χ0v) is 13.3. The minimum atomic E-state index is 1.08. The van der Waals surface area contributed by atoms with E-state index >= 15 is 0 Å². The molecule has 0 fully saturated rings. The molecule has 0 saturated heterocycles. The summed E-state index contributed by atoms with van der Waals surface area (Å²) in [5, 5.41) is 2.78. The van der Waals surface area contributed by atoms with Crippen LogP contribution >= 0.6 is 11.3 Å². The third-order valence-corrected chi connectivity index (χ3v) is 5.83. The van der Waals surface area contributed by atoms with Gasteiger partial charge in [0.2, 0.25) is 5.69 Å². The van der Waals surface area contributed by atoms with Crippen molar-refractivity contribution in [2.45, 2.75) is 19.9 Å². The highest BCUT2D eigenvalue weighted by molar-refractivity contribution is 7.25. The maximum atomic E-state index is 2.42. The Labute approximate surface area is 133 Å². The molecule has 0 atom stereocenters. The van der Waals surface area contributed by atoms with Crippen molar-refractivity contribution in [2.75, 3.05) is 0 Å². The third kappa shape index (κ3) is 1.68. The van der Waals surface area contributed by atoms with Crippen molar-refractivity contribution in [3.8, 4) is 11.3 Å². The predicted molar refractivity (Wildman–Crippen MR) is 93.4 cm³/mol. The molecule has 2 aromatic heterocycles. The van der Waals surface area contributed by atoms with Gasteiger partial charge in [0.15, 0.2) is 12.7 Å². The summed E-state index contributed by atoms with van der Waals surface area (Å²) < 4.78 is 5.19. The molecule has 0 bridgehead atoms. The van der Waals surface area contributed by atoms with E-state index in [1.165, 1.54) is 42.6 Å². The lowest BCUT2D eigenvalue weighted by atomic mass is 9.94. The van der Waals surface area contributed by atoms with E-state index in [0.717, 1.165) is 13.0 Å². The van der Waals surface area contributed by atoms with Gasteiger partial charge in [-0.2, -0.15) is 4.57 Å². The van der Waals surface area contributed by atoms with E-state index in [1.54, 1.807) is 0 Å². The van der Waals surface area contributed by atoms with Crippen molar-refractivity contribution >= 4 is 31.5 Å². The molecule has 22 heavy (non-hydrogen) atoms. The average molecular weight is 302 g/mol. The number of nitrogens with zero attached hydrogens (tertiary/aromatic N) is 1. The van der Waals surface area contributed by atoms with Gasteiger partial charge in [0.1, 0.15) is 0 Å². The van der Waals surface area contributed by atoms with Crippen LogP contribution in [0.4, 0.5) is 0 Å². The number of pyridine rings is 1. The van der Waals surface area contributed by atoms with Crippen LogP contribution in [-0.2, 0) is 13.0 Å². The molecule has 1 aliphatic rings. The summed E-state index contributed by atoms with van der Waals surface area (Å²) >= 11 is 1.91. The first kappa shape index (κ1) is 12.4. The second-order valence-corrected chi connectivity index (χ2v) is 7.22. The summed E-state index contributed by atoms with van der Waals surface area (Å²) in [6.07, 6.45) is 3.35. The summed E-state index contributed by atoms with van der Waals surface area (Å²) in [6.45, 7) is 3.26. The number of hydrogen-bond donors (Lipinski definition) is 0. The summed E-state index contributed by atoms with van der Waals surface area (Å²) in [6, 6.07) is 18.1. The molecule has 5 rings (SSSR count). The first-order chi connectivity index (χ1) is 10.8. The Bertz CT molecular complexity index is 1040. The van der Waals surface area contributed by atoms with Crippen LogP contribution in [0.1, 0.15) is 11.1 Å². The Hall–Kier alpha value is -2.19. The molecular weight excluding hydrogens is 286 g/mol. The normalized spacial score (nSPS) is 13.3. The number of hydrogen-bond acceptors (Lipinski definition) is 1. The van der Waals surface area contributed by atoms with Gasteiger partial charge in [0.05, 0.1) is 5.56 Å². The molecule has 3 heterocycles. The van der Waals surface area contributed by atoms with E-state index < -0.39 is 0 Å². The lowest BCUT2D eigenvalue weighted by molar-refractivity contribution is -0.687. The molecule has 0 aliphatic carbocycles. The summed E-state index contributed by atoms with van der Waals surface area (Å²) in [7, 11) is 0. The maximum Gasteiger partial charge on any atom is 0.213 e. The van der Waals surface area contributed by atoms with Crippen molar-refractivity contribution < 1.29 is 4.57 Å². The molecule has 2 heteroatoms. The highest BCUT2D eigenvalue weighted by atomic mass is 32.1. The second kappa shape index (κ2) is 4.40. The van der Waals surface area contributed by atoms with Gasteiger partial charge >= 0.3 is 0 Å². The minimum absolute atomic E-state index is 1.08. The van der Waals surface area contributed by atoms with Crippen LogP contribution in [0.15, 0.2) is 54.7 Å². The molecular formula is C20H16NS+. The maximum absolute atomic E-state index is 2.42. The van der Waals surface area contributed by atoms with Gasteiger partial charge in [-0.25, -0.2) is 0 Å². The van der Waals surface area contributed by atoms with Gasteiger partial charge in [0.25, 0.3) is 0 Å². The molecule has 0 radical (unpaired) electrons. The van der Waals surface area contributed by atoms with E-state index in [0.29, 0.717) is 0 Å². The van der Waals surface area contributed by atoms with Crippen LogP contribution in [0.2, 0.25) is 0 Å². The summed E-state index contributed by atoms with van der Waals surface area (Å²) in [5.74, 6) is 0. The third-order valence-electron chi connectivity index (χ3n) is 4.69. The van der Waals surface area contributed by atoms with Crippen molar-refractivity contribution in [2.24, 2.45) is 0 Å². The Kier molecular flexibility index (Phi) is 2.47. The van der Waals surface area contributed by atoms with E-state index in [1.807, 2.05) is 11.3 Å². The number of aromatic nitrogens is 1. The fourth-order valence-electron chi connectivity index (χ4n) is 3.56. The van der Waals surface area contributed by atoms with Gasteiger partial charge in [-0.05, 0) is 36.2 Å². The predicted octanol–water partition coefficient (Wildman–Crippen LogP) is 4.87. The van der Waals surface area contributed by atoms with Crippen molar-refractivity contribution in [1.82, 2.24) is 0 Å². The zero-order chi connectivity index (χ0) is 14.7. The van der Waals surface area contributed by atoms with E-state index in [9.17, 15) is 0 Å². The van der Waals surface area contributed by atoms with E-state index in [2.05, 4.69) is 66.2 Å². The molecule has 2 aromatic carbocycles. The lowest BCUT2D eigenvalue weighted by Crippen LogP contribution is -2.39. The summed E-state index contributed by atoms with van der Waals surface area (Å²) in [4.78, 5) is 0. The number of fused-ring (bicyclic) bond motifs is 6. The Morgan fingerprint density at radius 1 is 0.955 bits per heavy atom. The van der Waals surface area contributed by atoms with Gasteiger partial charge < -0.3 is 0 Å². The Morgan fingerprint density at radius 3 is 2.82 bits per heavy atom. The quantitative estimate of drug-likeness (QED) is 0.408. The number of aryl methyl sites for hydroxylation is 3. The molecule has 1 aliphatic heterocycles. The van der Waals surface area contributed by atoms with Crippen LogP contribution in [0.25, 0.3) is 31.4 Å². The highest BCUT2D eigenvalue weighted by Gasteiger charge is 2.23. The van der Waals surface area contributed by atoms with E-state index in [4.69, 9.17) is 0 Å². The van der Waals surface area contributed by atoms with Gasteiger partial charge in [-0.1, -0.05) is 18.2 Å².